The fourth-order valence-electron chi connectivity index (χ4n) is 3.54. The molecule has 3 N–H and O–H groups in total. The highest BCUT2D eigenvalue weighted by Crippen LogP contribution is 2.22. The van der Waals surface area contributed by atoms with Crippen LogP contribution in [0.4, 0.5) is 28.8 Å². The van der Waals surface area contributed by atoms with Crippen LogP contribution in [-0.4, -0.2) is 23.0 Å². The number of aromatic nitrogens is 2. The van der Waals surface area contributed by atoms with E-state index in [1.165, 1.54) is 0 Å². The second-order valence-electron chi connectivity index (χ2n) is 8.05. The van der Waals surface area contributed by atoms with Gasteiger partial charge in [-0.25, -0.2) is 4.98 Å². The summed E-state index contributed by atoms with van der Waals surface area (Å²) in [5, 5.41) is 9.45. The van der Waals surface area contributed by atoms with Gasteiger partial charge in [0.25, 0.3) is 5.91 Å². The van der Waals surface area contributed by atoms with Crippen LogP contribution in [0.15, 0.2) is 72.8 Å². The molecule has 0 aliphatic carbocycles. The van der Waals surface area contributed by atoms with Crippen molar-refractivity contribution in [2.75, 3.05) is 23.1 Å². The number of nitrogens with zero attached hydrogens (tertiary/aromatic N) is 2. The van der Waals surface area contributed by atoms with Crippen LogP contribution in [0.5, 0.6) is 5.75 Å². The molecule has 0 fully saturated rings. The molecule has 0 aliphatic rings. The molecule has 1 heterocycles. The average molecular weight is 454 g/mol. The molecule has 0 spiro atoms. The Bertz CT molecular complexity index is 1300. The lowest BCUT2D eigenvalue weighted by Gasteiger charge is -2.11. The fourth-order valence-corrected chi connectivity index (χ4v) is 3.54. The highest BCUT2D eigenvalue weighted by Gasteiger charge is 2.10. The van der Waals surface area contributed by atoms with Crippen LogP contribution in [-0.2, 0) is 0 Å². The molecule has 172 valence electrons. The summed E-state index contributed by atoms with van der Waals surface area (Å²) in [5.41, 5.74) is 5.99. The first-order valence-corrected chi connectivity index (χ1v) is 10.9. The summed E-state index contributed by atoms with van der Waals surface area (Å²) in [6, 6.07) is 22.7. The molecule has 34 heavy (non-hydrogen) atoms. The van der Waals surface area contributed by atoms with Crippen LogP contribution in [0.25, 0.3) is 0 Å². The van der Waals surface area contributed by atoms with Crippen molar-refractivity contribution in [3.8, 4) is 5.75 Å². The predicted octanol–water partition coefficient (Wildman–Crippen LogP) is 6.15. The van der Waals surface area contributed by atoms with Crippen LogP contribution in [0, 0.1) is 20.8 Å². The SMILES string of the molecule is COc1ccc(Nc2cc(C)nc(Nc3ccc(NC(=O)c4ccc(C)cc4C)cc3)n2)cc1. The van der Waals surface area contributed by atoms with Crippen molar-refractivity contribution in [2.45, 2.75) is 20.8 Å². The van der Waals surface area contributed by atoms with Crippen molar-refractivity contribution in [1.82, 2.24) is 9.97 Å². The van der Waals surface area contributed by atoms with Crippen molar-refractivity contribution in [1.29, 1.82) is 0 Å². The molecular formula is C27H27N5O2. The van der Waals surface area contributed by atoms with Gasteiger partial charge >= 0.3 is 0 Å². The zero-order chi connectivity index (χ0) is 24.1. The first-order chi connectivity index (χ1) is 16.4. The smallest absolute Gasteiger partial charge is 0.255 e. The number of hydrogen-bond acceptors (Lipinski definition) is 6. The van der Waals surface area contributed by atoms with Gasteiger partial charge in [-0.2, -0.15) is 4.98 Å². The van der Waals surface area contributed by atoms with Crippen LogP contribution in [0.3, 0.4) is 0 Å². The first-order valence-electron chi connectivity index (χ1n) is 10.9. The van der Waals surface area contributed by atoms with Crippen molar-refractivity contribution in [2.24, 2.45) is 0 Å². The van der Waals surface area contributed by atoms with Gasteiger partial charge in [0.2, 0.25) is 5.95 Å². The minimum absolute atomic E-state index is 0.130. The van der Waals surface area contributed by atoms with Crippen LogP contribution in [0.1, 0.15) is 27.2 Å². The summed E-state index contributed by atoms with van der Waals surface area (Å²) >= 11 is 0. The van der Waals surface area contributed by atoms with Gasteiger partial charge in [0, 0.05) is 34.4 Å². The molecule has 0 radical (unpaired) electrons. The fraction of sp³-hybridized carbons (Fsp3) is 0.148. The Hall–Kier alpha value is -4.39. The Morgan fingerprint density at radius 3 is 2.09 bits per heavy atom. The van der Waals surface area contributed by atoms with E-state index in [9.17, 15) is 4.79 Å². The third kappa shape index (κ3) is 5.69. The van der Waals surface area contributed by atoms with Gasteiger partial charge in [0.15, 0.2) is 0 Å². The third-order valence-electron chi connectivity index (χ3n) is 5.24. The lowest BCUT2D eigenvalue weighted by molar-refractivity contribution is 0.102. The number of hydrogen-bond donors (Lipinski definition) is 3. The molecular weight excluding hydrogens is 426 g/mol. The highest BCUT2D eigenvalue weighted by molar-refractivity contribution is 6.05. The first kappa shape index (κ1) is 22.8. The number of ether oxygens (including phenoxy) is 1. The van der Waals surface area contributed by atoms with E-state index in [1.54, 1.807) is 7.11 Å². The molecule has 0 saturated carbocycles. The molecule has 0 saturated heterocycles. The number of carbonyl (C=O) groups excluding carboxylic acids is 1. The summed E-state index contributed by atoms with van der Waals surface area (Å²) < 4.78 is 5.20. The Kier molecular flexibility index (Phi) is 6.73. The van der Waals surface area contributed by atoms with Crippen LogP contribution < -0.4 is 20.7 Å². The Balaban J connectivity index is 1.43. The predicted molar refractivity (Wildman–Crippen MR) is 137 cm³/mol. The molecule has 0 unspecified atom stereocenters. The molecule has 7 nitrogen and oxygen atoms in total. The molecule has 4 rings (SSSR count). The molecule has 1 amide bonds. The number of aryl methyl sites for hydroxylation is 3. The van der Waals surface area contributed by atoms with E-state index in [-0.39, 0.29) is 5.91 Å². The second kappa shape index (κ2) is 10.0. The number of benzene rings is 3. The largest absolute Gasteiger partial charge is 0.497 e. The van der Waals surface area contributed by atoms with Gasteiger partial charge < -0.3 is 20.7 Å². The summed E-state index contributed by atoms with van der Waals surface area (Å²) in [5.74, 6) is 1.82. The highest BCUT2D eigenvalue weighted by atomic mass is 16.5. The van der Waals surface area contributed by atoms with Gasteiger partial charge in [-0.15, -0.1) is 0 Å². The van der Waals surface area contributed by atoms with Crippen LogP contribution >= 0.6 is 0 Å². The van der Waals surface area contributed by atoms with E-state index in [1.807, 2.05) is 93.6 Å². The number of methoxy groups -OCH3 is 1. The third-order valence-corrected chi connectivity index (χ3v) is 5.24. The van der Waals surface area contributed by atoms with Crippen LogP contribution in [0.2, 0.25) is 0 Å². The number of amides is 1. The minimum Gasteiger partial charge on any atom is -0.497 e. The van der Waals surface area contributed by atoms with Crippen molar-refractivity contribution in [3.05, 3.63) is 95.2 Å². The van der Waals surface area contributed by atoms with Crippen molar-refractivity contribution >= 4 is 34.7 Å². The summed E-state index contributed by atoms with van der Waals surface area (Å²) in [7, 11) is 1.64. The Morgan fingerprint density at radius 1 is 0.765 bits per heavy atom. The Labute approximate surface area is 199 Å². The zero-order valence-corrected chi connectivity index (χ0v) is 19.6. The summed E-state index contributed by atoms with van der Waals surface area (Å²) in [6.45, 7) is 5.86. The zero-order valence-electron chi connectivity index (χ0n) is 19.6. The van der Waals surface area contributed by atoms with Gasteiger partial charge in [-0.1, -0.05) is 17.7 Å². The van der Waals surface area contributed by atoms with E-state index >= 15 is 0 Å². The molecule has 0 bridgehead atoms. The quantitative estimate of drug-likeness (QED) is 0.311. The van der Waals surface area contributed by atoms with Gasteiger partial charge in [0.05, 0.1) is 7.11 Å². The van der Waals surface area contributed by atoms with Crippen molar-refractivity contribution < 1.29 is 9.53 Å². The van der Waals surface area contributed by atoms with E-state index in [4.69, 9.17) is 4.74 Å². The summed E-state index contributed by atoms with van der Waals surface area (Å²) in [4.78, 5) is 21.7. The normalized spacial score (nSPS) is 10.5. The van der Waals surface area contributed by atoms with E-state index in [0.717, 1.165) is 33.9 Å². The monoisotopic (exact) mass is 453 g/mol. The second-order valence-corrected chi connectivity index (χ2v) is 8.05. The van der Waals surface area contributed by atoms with E-state index in [2.05, 4.69) is 25.9 Å². The average Bonchev–Trinajstić information content (AvgIpc) is 2.80. The topological polar surface area (TPSA) is 88.2 Å². The maximum absolute atomic E-state index is 12.6. The number of carbonyl (C=O) groups is 1. The van der Waals surface area contributed by atoms with Gasteiger partial charge in [0.1, 0.15) is 11.6 Å². The molecule has 1 aromatic heterocycles. The summed E-state index contributed by atoms with van der Waals surface area (Å²) in [6.07, 6.45) is 0. The standard InChI is InChI=1S/C27H27N5O2/c1-17-5-14-24(18(2)15-17)26(33)30-21-6-8-22(9-7-21)31-27-28-19(3)16-25(32-27)29-20-10-12-23(34-4)13-11-20/h5-16H,1-4H3,(H,30,33)(H2,28,29,31,32). The lowest BCUT2D eigenvalue weighted by Crippen LogP contribution is -2.13. The number of rotatable bonds is 7. The molecule has 0 aliphatic heterocycles. The van der Waals surface area contributed by atoms with Crippen molar-refractivity contribution in [3.63, 3.8) is 0 Å². The minimum atomic E-state index is -0.130. The molecule has 7 heteroatoms. The molecule has 0 atom stereocenters. The van der Waals surface area contributed by atoms with E-state index in [0.29, 0.717) is 23.0 Å². The molecule has 3 aromatic carbocycles. The molecule has 4 aromatic rings. The Morgan fingerprint density at radius 2 is 1.41 bits per heavy atom. The maximum atomic E-state index is 12.6. The lowest BCUT2D eigenvalue weighted by atomic mass is 10.1. The number of nitrogens with one attached hydrogen (secondary N) is 3. The van der Waals surface area contributed by atoms with Gasteiger partial charge in [-0.3, -0.25) is 4.79 Å². The van der Waals surface area contributed by atoms with E-state index < -0.39 is 0 Å². The number of anilines is 5. The van der Waals surface area contributed by atoms with Gasteiger partial charge in [-0.05, 0) is 80.9 Å². The maximum Gasteiger partial charge on any atom is 0.255 e.